The lowest BCUT2D eigenvalue weighted by molar-refractivity contribution is 0.0696. The fraction of sp³-hybridized carbons (Fsp3) is 0.263. The van der Waals surface area contributed by atoms with Gasteiger partial charge in [-0.15, -0.1) is 0 Å². The van der Waals surface area contributed by atoms with Crippen molar-refractivity contribution in [1.82, 2.24) is 0 Å². The maximum atomic E-state index is 13.8. The number of methoxy groups -OCH3 is 1. The molecule has 1 amide bonds. The highest BCUT2D eigenvalue weighted by Crippen LogP contribution is 2.29. The molecule has 0 aliphatic rings. The molecular weight excluding hydrogens is 341 g/mol. The van der Waals surface area contributed by atoms with Crippen LogP contribution < -0.4 is 14.8 Å². The zero-order chi connectivity index (χ0) is 19.1. The average Bonchev–Trinajstić information content (AvgIpc) is 2.63. The Morgan fingerprint density at radius 3 is 2.50 bits per heavy atom. The number of benzene rings is 2. The molecule has 7 heteroatoms. The van der Waals surface area contributed by atoms with E-state index in [9.17, 15) is 14.0 Å². The molecule has 2 aromatic carbocycles. The summed E-state index contributed by atoms with van der Waals surface area (Å²) < 4.78 is 24.7. The number of carboxylic acids is 1. The van der Waals surface area contributed by atoms with Crippen LogP contribution in [0.3, 0.4) is 0 Å². The Bertz CT molecular complexity index is 807. The normalized spacial score (nSPS) is 10.3. The van der Waals surface area contributed by atoms with Crippen molar-refractivity contribution in [3.63, 3.8) is 0 Å². The van der Waals surface area contributed by atoms with Crippen LogP contribution >= 0.6 is 0 Å². The predicted octanol–water partition coefficient (Wildman–Crippen LogP) is 3.96. The molecular formula is C19H20FNO5. The quantitative estimate of drug-likeness (QED) is 0.695. The lowest BCUT2D eigenvalue weighted by Crippen LogP contribution is -2.14. The molecule has 2 N–H and O–H groups in total. The smallest absolute Gasteiger partial charge is 0.335 e. The summed E-state index contributed by atoms with van der Waals surface area (Å²) in [5, 5.41) is 11.3. The summed E-state index contributed by atoms with van der Waals surface area (Å²) in [6.45, 7) is 2.58. The molecule has 0 fully saturated rings. The number of hydrogen-bond acceptors (Lipinski definition) is 4. The van der Waals surface area contributed by atoms with Gasteiger partial charge in [-0.3, -0.25) is 4.79 Å². The zero-order valence-electron chi connectivity index (χ0n) is 14.5. The number of rotatable bonds is 8. The van der Waals surface area contributed by atoms with E-state index >= 15 is 0 Å². The van der Waals surface area contributed by atoms with Crippen molar-refractivity contribution < 1.29 is 28.6 Å². The standard InChI is InChI=1S/C19H20FNO5/c1-3-4-9-26-16-8-6-12(11-17(16)25-2)18(22)21-15-10-13(19(23)24)5-7-14(15)20/h5-8,10-11H,3-4,9H2,1-2H3,(H,21,22)(H,23,24). The number of unbranched alkanes of at least 4 members (excludes halogenated alkanes) is 1. The summed E-state index contributed by atoms with van der Waals surface area (Å²) in [6, 6.07) is 7.79. The van der Waals surface area contributed by atoms with E-state index in [-0.39, 0.29) is 16.8 Å². The number of ether oxygens (including phenoxy) is 2. The molecule has 0 aliphatic carbocycles. The predicted molar refractivity (Wildman–Crippen MR) is 94.7 cm³/mol. The van der Waals surface area contributed by atoms with E-state index in [2.05, 4.69) is 5.32 Å². The Hall–Kier alpha value is -3.09. The van der Waals surface area contributed by atoms with Crippen LogP contribution in [0, 0.1) is 5.82 Å². The fourth-order valence-corrected chi connectivity index (χ4v) is 2.20. The number of carbonyl (C=O) groups excluding carboxylic acids is 1. The molecule has 0 aromatic heterocycles. The third-order valence-corrected chi connectivity index (χ3v) is 3.64. The highest BCUT2D eigenvalue weighted by molar-refractivity contribution is 6.05. The summed E-state index contributed by atoms with van der Waals surface area (Å²) in [5.41, 5.74) is -0.110. The molecule has 2 rings (SSSR count). The molecule has 0 atom stereocenters. The van der Waals surface area contributed by atoms with Crippen LogP contribution in [0.15, 0.2) is 36.4 Å². The number of anilines is 1. The van der Waals surface area contributed by atoms with Crippen LogP contribution in [0.25, 0.3) is 0 Å². The topological polar surface area (TPSA) is 84.9 Å². The van der Waals surface area contributed by atoms with E-state index in [1.165, 1.54) is 19.2 Å². The average molecular weight is 361 g/mol. The SMILES string of the molecule is CCCCOc1ccc(C(=O)Nc2cc(C(=O)O)ccc2F)cc1OC. The number of carboxylic acid groups (broad SMARTS) is 1. The molecule has 6 nitrogen and oxygen atoms in total. The lowest BCUT2D eigenvalue weighted by atomic mass is 10.1. The highest BCUT2D eigenvalue weighted by Gasteiger charge is 2.15. The Labute approximate surface area is 150 Å². The molecule has 138 valence electrons. The fourth-order valence-electron chi connectivity index (χ4n) is 2.20. The van der Waals surface area contributed by atoms with E-state index in [1.54, 1.807) is 6.07 Å². The van der Waals surface area contributed by atoms with Crippen molar-refractivity contribution in [1.29, 1.82) is 0 Å². The van der Waals surface area contributed by atoms with Crippen LogP contribution in [-0.2, 0) is 0 Å². The molecule has 0 saturated carbocycles. The summed E-state index contributed by atoms with van der Waals surface area (Å²) in [6.07, 6.45) is 1.88. The minimum Gasteiger partial charge on any atom is -0.493 e. The number of hydrogen-bond donors (Lipinski definition) is 2. The summed E-state index contributed by atoms with van der Waals surface area (Å²) in [4.78, 5) is 23.3. The molecule has 0 bridgehead atoms. The molecule has 2 aromatic rings. The number of nitrogens with one attached hydrogen (secondary N) is 1. The lowest BCUT2D eigenvalue weighted by Gasteiger charge is -2.12. The van der Waals surface area contributed by atoms with Crippen LogP contribution in [0.2, 0.25) is 0 Å². The molecule has 26 heavy (non-hydrogen) atoms. The Balaban J connectivity index is 2.19. The van der Waals surface area contributed by atoms with Gasteiger partial charge in [-0.05, 0) is 42.8 Å². The van der Waals surface area contributed by atoms with Gasteiger partial charge in [0.05, 0.1) is 25.0 Å². The van der Waals surface area contributed by atoms with Crippen molar-refractivity contribution in [3.05, 3.63) is 53.3 Å². The van der Waals surface area contributed by atoms with E-state index in [0.29, 0.717) is 18.1 Å². The minimum absolute atomic E-state index is 0.126. The van der Waals surface area contributed by atoms with Crippen molar-refractivity contribution >= 4 is 17.6 Å². The first-order chi connectivity index (χ1) is 12.5. The number of halogens is 1. The van der Waals surface area contributed by atoms with Crippen molar-refractivity contribution in [2.24, 2.45) is 0 Å². The van der Waals surface area contributed by atoms with Gasteiger partial charge in [-0.2, -0.15) is 0 Å². The van der Waals surface area contributed by atoms with Crippen LogP contribution in [0.5, 0.6) is 11.5 Å². The summed E-state index contributed by atoms with van der Waals surface area (Å²) in [7, 11) is 1.46. The number of amides is 1. The maximum absolute atomic E-state index is 13.8. The van der Waals surface area contributed by atoms with Crippen molar-refractivity contribution in [2.75, 3.05) is 19.0 Å². The second-order valence-corrected chi connectivity index (χ2v) is 5.52. The Morgan fingerprint density at radius 2 is 1.85 bits per heavy atom. The minimum atomic E-state index is -1.21. The van der Waals surface area contributed by atoms with Gasteiger partial charge < -0.3 is 19.9 Å². The van der Waals surface area contributed by atoms with Gasteiger partial charge in [0.25, 0.3) is 5.91 Å². The van der Waals surface area contributed by atoms with Gasteiger partial charge >= 0.3 is 5.97 Å². The van der Waals surface area contributed by atoms with Crippen LogP contribution in [-0.4, -0.2) is 30.7 Å². The molecule has 0 radical (unpaired) electrons. The van der Waals surface area contributed by atoms with Crippen molar-refractivity contribution in [2.45, 2.75) is 19.8 Å². The highest BCUT2D eigenvalue weighted by atomic mass is 19.1. The van der Waals surface area contributed by atoms with E-state index in [0.717, 1.165) is 31.0 Å². The Kier molecular flexibility index (Phi) is 6.54. The third kappa shape index (κ3) is 4.72. The molecule has 0 unspecified atom stereocenters. The van der Waals surface area contributed by atoms with E-state index in [1.807, 2.05) is 6.92 Å². The second kappa shape index (κ2) is 8.84. The van der Waals surface area contributed by atoms with E-state index < -0.39 is 17.7 Å². The molecule has 0 spiro atoms. The van der Waals surface area contributed by atoms with Gasteiger partial charge in [-0.25, -0.2) is 9.18 Å². The second-order valence-electron chi connectivity index (χ2n) is 5.52. The van der Waals surface area contributed by atoms with Gasteiger partial charge in [0, 0.05) is 5.56 Å². The maximum Gasteiger partial charge on any atom is 0.335 e. The zero-order valence-corrected chi connectivity index (χ0v) is 14.5. The first kappa shape index (κ1) is 19.2. The van der Waals surface area contributed by atoms with Crippen LogP contribution in [0.4, 0.5) is 10.1 Å². The largest absolute Gasteiger partial charge is 0.493 e. The van der Waals surface area contributed by atoms with Gasteiger partial charge in [-0.1, -0.05) is 13.3 Å². The first-order valence-electron chi connectivity index (χ1n) is 8.11. The number of aromatic carboxylic acids is 1. The number of carbonyl (C=O) groups is 2. The molecule has 0 heterocycles. The Morgan fingerprint density at radius 1 is 1.12 bits per heavy atom. The molecule has 0 saturated heterocycles. The third-order valence-electron chi connectivity index (χ3n) is 3.64. The summed E-state index contributed by atoms with van der Waals surface area (Å²) >= 11 is 0. The van der Waals surface area contributed by atoms with Crippen LogP contribution in [0.1, 0.15) is 40.5 Å². The van der Waals surface area contributed by atoms with Crippen molar-refractivity contribution in [3.8, 4) is 11.5 Å². The monoisotopic (exact) mass is 361 g/mol. The molecule has 0 aliphatic heterocycles. The van der Waals surface area contributed by atoms with Gasteiger partial charge in [0.2, 0.25) is 0 Å². The summed E-state index contributed by atoms with van der Waals surface area (Å²) in [5.74, 6) is -1.64. The van der Waals surface area contributed by atoms with E-state index in [4.69, 9.17) is 14.6 Å². The first-order valence-corrected chi connectivity index (χ1v) is 8.11. The van der Waals surface area contributed by atoms with Gasteiger partial charge in [0.1, 0.15) is 5.82 Å². The van der Waals surface area contributed by atoms with Gasteiger partial charge in [0.15, 0.2) is 11.5 Å².